The van der Waals surface area contributed by atoms with E-state index >= 15 is 0 Å². The second kappa shape index (κ2) is 6.70. The van der Waals surface area contributed by atoms with Gasteiger partial charge in [-0.15, -0.1) is 0 Å². The zero-order valence-electron chi connectivity index (χ0n) is 13.3. The van der Waals surface area contributed by atoms with Crippen molar-refractivity contribution in [1.82, 2.24) is 9.88 Å². The molecule has 0 amide bonds. The van der Waals surface area contributed by atoms with Crippen molar-refractivity contribution >= 4 is 16.0 Å². The van der Waals surface area contributed by atoms with E-state index < -0.39 is 33.1 Å². The summed E-state index contributed by atoms with van der Waals surface area (Å²) in [7, 11) is -3.63. The number of rotatable bonds is 6. The molecule has 1 unspecified atom stereocenters. The minimum atomic E-state index is -3.63. The molecular weight excluding hydrogens is 339 g/mol. The summed E-state index contributed by atoms with van der Waals surface area (Å²) in [6, 6.07) is 4.14. The van der Waals surface area contributed by atoms with E-state index in [0.717, 1.165) is 0 Å². The quantitative estimate of drug-likeness (QED) is 0.823. The van der Waals surface area contributed by atoms with Crippen LogP contribution in [0.2, 0.25) is 0 Å². The van der Waals surface area contributed by atoms with Crippen molar-refractivity contribution < 1.29 is 27.2 Å². The summed E-state index contributed by atoms with van der Waals surface area (Å²) in [6.07, 6.45) is 0. The fourth-order valence-corrected chi connectivity index (χ4v) is 2.92. The standard InChI is InChI=1S/C15H17FN2O5S/c1-8(2)24(21,22)18-9(3)14-12(15(19)20)13(17-23-14)10-4-6-11(16)7-5-10/h4-9,18H,1-3H3,(H,19,20). The fraction of sp³-hybridized carbons (Fsp3) is 0.333. The van der Waals surface area contributed by atoms with Crippen LogP contribution < -0.4 is 4.72 Å². The summed E-state index contributed by atoms with van der Waals surface area (Å²) in [5.74, 6) is -1.91. The van der Waals surface area contributed by atoms with Crippen LogP contribution in [-0.2, 0) is 10.0 Å². The van der Waals surface area contributed by atoms with Gasteiger partial charge in [-0.05, 0) is 45.0 Å². The zero-order chi connectivity index (χ0) is 18.1. The Morgan fingerprint density at radius 1 is 1.25 bits per heavy atom. The number of halogens is 1. The third kappa shape index (κ3) is 3.62. The highest BCUT2D eigenvalue weighted by Gasteiger charge is 2.30. The number of hydrogen-bond donors (Lipinski definition) is 2. The smallest absolute Gasteiger partial charge is 0.341 e. The number of nitrogens with one attached hydrogen (secondary N) is 1. The Hall–Kier alpha value is -2.26. The zero-order valence-corrected chi connectivity index (χ0v) is 14.1. The molecular formula is C15H17FN2O5S. The molecule has 2 rings (SSSR count). The third-order valence-electron chi connectivity index (χ3n) is 3.40. The first kappa shape index (κ1) is 18.1. The lowest BCUT2D eigenvalue weighted by molar-refractivity contribution is 0.0694. The summed E-state index contributed by atoms with van der Waals surface area (Å²) in [6.45, 7) is 4.45. The van der Waals surface area contributed by atoms with Crippen LogP contribution in [0.3, 0.4) is 0 Å². The number of sulfonamides is 1. The van der Waals surface area contributed by atoms with Crippen LogP contribution in [-0.4, -0.2) is 29.9 Å². The molecule has 2 aromatic rings. The Kier molecular flexibility index (Phi) is 5.05. The van der Waals surface area contributed by atoms with Gasteiger partial charge in [-0.25, -0.2) is 22.3 Å². The Balaban J connectivity index is 2.45. The van der Waals surface area contributed by atoms with E-state index in [1.165, 1.54) is 45.0 Å². The summed E-state index contributed by atoms with van der Waals surface area (Å²) >= 11 is 0. The van der Waals surface area contributed by atoms with Crippen LogP contribution in [0, 0.1) is 5.82 Å². The molecule has 0 fully saturated rings. The molecule has 1 aromatic heterocycles. The molecule has 2 N–H and O–H groups in total. The van der Waals surface area contributed by atoms with Crippen molar-refractivity contribution in [2.45, 2.75) is 32.1 Å². The number of aromatic nitrogens is 1. The second-order valence-electron chi connectivity index (χ2n) is 5.52. The molecule has 0 spiro atoms. The maximum atomic E-state index is 13.0. The molecule has 0 aliphatic heterocycles. The van der Waals surface area contributed by atoms with E-state index in [4.69, 9.17) is 4.52 Å². The Labute approximate surface area is 138 Å². The molecule has 7 nitrogen and oxygen atoms in total. The lowest BCUT2D eigenvalue weighted by Crippen LogP contribution is -2.33. The predicted molar refractivity (Wildman–Crippen MR) is 84.5 cm³/mol. The van der Waals surface area contributed by atoms with Crippen molar-refractivity contribution in [2.75, 3.05) is 0 Å². The molecule has 130 valence electrons. The summed E-state index contributed by atoms with van der Waals surface area (Å²) < 4.78 is 44.3. The molecule has 0 saturated carbocycles. The Morgan fingerprint density at radius 3 is 2.33 bits per heavy atom. The average molecular weight is 356 g/mol. The molecule has 0 saturated heterocycles. The maximum Gasteiger partial charge on any atom is 0.341 e. The number of nitrogens with zero attached hydrogens (tertiary/aromatic N) is 1. The van der Waals surface area contributed by atoms with Gasteiger partial charge in [0.05, 0.1) is 11.3 Å². The number of hydrogen-bond acceptors (Lipinski definition) is 5. The van der Waals surface area contributed by atoms with Gasteiger partial charge in [-0.3, -0.25) is 0 Å². The molecule has 1 heterocycles. The highest BCUT2D eigenvalue weighted by Crippen LogP contribution is 2.29. The summed E-state index contributed by atoms with van der Waals surface area (Å²) in [4.78, 5) is 11.6. The highest BCUT2D eigenvalue weighted by molar-refractivity contribution is 7.90. The fourth-order valence-electron chi connectivity index (χ4n) is 2.05. The predicted octanol–water partition coefficient (Wildman–Crippen LogP) is 2.57. The third-order valence-corrected chi connectivity index (χ3v) is 5.33. The van der Waals surface area contributed by atoms with E-state index in [-0.39, 0.29) is 17.0 Å². The van der Waals surface area contributed by atoms with E-state index in [2.05, 4.69) is 9.88 Å². The van der Waals surface area contributed by atoms with Crippen LogP contribution in [0.25, 0.3) is 11.3 Å². The Bertz CT molecular complexity index is 843. The topological polar surface area (TPSA) is 110 Å². The normalized spacial score (nSPS) is 13.2. The number of carboxylic acids is 1. The SMILES string of the molecule is CC(NS(=O)(=O)C(C)C)c1onc(-c2ccc(F)cc2)c1C(=O)O. The van der Waals surface area contributed by atoms with E-state index in [1.54, 1.807) is 0 Å². The first-order valence-electron chi connectivity index (χ1n) is 7.13. The van der Waals surface area contributed by atoms with E-state index in [0.29, 0.717) is 5.56 Å². The van der Waals surface area contributed by atoms with Gasteiger partial charge in [0.25, 0.3) is 0 Å². The van der Waals surface area contributed by atoms with E-state index in [9.17, 15) is 22.7 Å². The Morgan fingerprint density at radius 2 is 1.83 bits per heavy atom. The second-order valence-corrected chi connectivity index (χ2v) is 7.78. The lowest BCUT2D eigenvalue weighted by atomic mass is 10.0. The van der Waals surface area contributed by atoms with E-state index in [1.807, 2.05) is 0 Å². The minimum absolute atomic E-state index is 0.00750. The van der Waals surface area contributed by atoms with Crippen LogP contribution >= 0.6 is 0 Å². The first-order chi connectivity index (χ1) is 11.1. The van der Waals surface area contributed by atoms with Crippen molar-refractivity contribution in [3.63, 3.8) is 0 Å². The molecule has 1 atom stereocenters. The molecule has 0 aliphatic carbocycles. The molecule has 1 aromatic carbocycles. The van der Waals surface area contributed by atoms with Crippen LogP contribution in [0.4, 0.5) is 4.39 Å². The van der Waals surface area contributed by atoms with Crippen molar-refractivity contribution in [3.05, 3.63) is 41.4 Å². The summed E-state index contributed by atoms with van der Waals surface area (Å²) in [5, 5.41) is 12.5. The lowest BCUT2D eigenvalue weighted by Gasteiger charge is -2.14. The van der Waals surface area contributed by atoms with Gasteiger partial charge >= 0.3 is 5.97 Å². The van der Waals surface area contributed by atoms with Crippen LogP contribution in [0.15, 0.2) is 28.8 Å². The largest absolute Gasteiger partial charge is 0.477 e. The van der Waals surface area contributed by atoms with Crippen molar-refractivity contribution in [2.24, 2.45) is 0 Å². The number of carboxylic acid groups (broad SMARTS) is 1. The molecule has 0 bridgehead atoms. The van der Waals surface area contributed by atoms with Gasteiger partial charge in [-0.2, -0.15) is 0 Å². The summed E-state index contributed by atoms with van der Waals surface area (Å²) in [5.41, 5.74) is 0.0939. The minimum Gasteiger partial charge on any atom is -0.477 e. The highest BCUT2D eigenvalue weighted by atomic mass is 32.2. The maximum absolute atomic E-state index is 13.0. The van der Waals surface area contributed by atoms with Gasteiger partial charge in [0, 0.05) is 5.56 Å². The average Bonchev–Trinajstić information content (AvgIpc) is 2.92. The van der Waals surface area contributed by atoms with Crippen molar-refractivity contribution in [3.8, 4) is 11.3 Å². The van der Waals surface area contributed by atoms with Gasteiger partial charge < -0.3 is 9.63 Å². The molecule has 0 radical (unpaired) electrons. The van der Waals surface area contributed by atoms with Gasteiger partial charge in [-0.1, -0.05) is 5.16 Å². The van der Waals surface area contributed by atoms with Crippen molar-refractivity contribution in [1.29, 1.82) is 0 Å². The molecule has 0 aliphatic rings. The van der Waals surface area contributed by atoms with Gasteiger partial charge in [0.2, 0.25) is 10.0 Å². The van der Waals surface area contributed by atoms with Gasteiger partial charge in [0.1, 0.15) is 17.1 Å². The number of carbonyl (C=O) groups is 1. The number of benzene rings is 1. The number of aromatic carboxylic acids is 1. The molecule has 9 heteroatoms. The molecule has 24 heavy (non-hydrogen) atoms. The first-order valence-corrected chi connectivity index (χ1v) is 8.68. The van der Waals surface area contributed by atoms with Gasteiger partial charge in [0.15, 0.2) is 5.76 Å². The van der Waals surface area contributed by atoms with Crippen LogP contribution in [0.5, 0.6) is 0 Å². The van der Waals surface area contributed by atoms with Crippen LogP contribution in [0.1, 0.15) is 42.9 Å². The monoisotopic (exact) mass is 356 g/mol.